The lowest BCUT2D eigenvalue weighted by molar-refractivity contribution is 0.199. The Morgan fingerprint density at radius 2 is 2.10 bits per heavy atom. The number of nitrogens with zero attached hydrogens (tertiary/aromatic N) is 1. The van der Waals surface area contributed by atoms with Crippen molar-refractivity contribution in [3.05, 3.63) is 45.9 Å². The molecule has 5 heteroatoms. The minimum Gasteiger partial charge on any atom is -0.383 e. The van der Waals surface area contributed by atoms with Gasteiger partial charge in [0.2, 0.25) is 0 Å². The second-order valence-corrected chi connectivity index (χ2v) is 6.68. The van der Waals surface area contributed by atoms with Crippen LogP contribution in [0.1, 0.15) is 23.2 Å². The topological polar surface area (TPSA) is 34.2 Å². The fraction of sp³-hybridized carbons (Fsp3) is 0.438. The molecule has 2 aromatic rings. The van der Waals surface area contributed by atoms with Crippen molar-refractivity contribution >= 4 is 23.1 Å². The lowest BCUT2D eigenvalue weighted by atomic mass is 10.2. The van der Waals surface area contributed by atoms with Gasteiger partial charge in [-0.2, -0.15) is 0 Å². The summed E-state index contributed by atoms with van der Waals surface area (Å²) in [5.74, 6) is 0.946. The number of aryl methyl sites for hydroxylation is 1. The van der Waals surface area contributed by atoms with Crippen LogP contribution in [0, 0.1) is 0 Å². The van der Waals surface area contributed by atoms with Crippen LogP contribution in [0.5, 0.6) is 0 Å². The van der Waals surface area contributed by atoms with Crippen LogP contribution < -0.4 is 5.32 Å². The van der Waals surface area contributed by atoms with Crippen LogP contribution in [0.4, 0.5) is 0 Å². The molecule has 1 N–H and O–H groups in total. The standard InChI is InChI=1S/C16H22N2OS2/c1-3-16-18-14(12-21-16)11-20-15-6-4-13(5-7-15)10-17-8-9-19-2/h4-7,12,17H,3,8-11H2,1-2H3. The van der Waals surface area contributed by atoms with Crippen molar-refractivity contribution in [1.82, 2.24) is 10.3 Å². The third-order valence-corrected chi connectivity index (χ3v) is 5.11. The Bertz CT molecular complexity index is 525. The first kappa shape index (κ1) is 16.5. The second kappa shape index (κ2) is 9.20. The molecule has 0 atom stereocenters. The smallest absolute Gasteiger partial charge is 0.0925 e. The van der Waals surface area contributed by atoms with Gasteiger partial charge in [-0.3, -0.25) is 0 Å². The molecule has 1 heterocycles. The molecule has 0 aliphatic carbocycles. The van der Waals surface area contributed by atoms with Crippen molar-refractivity contribution in [3.63, 3.8) is 0 Å². The molecule has 0 fully saturated rings. The van der Waals surface area contributed by atoms with Crippen molar-refractivity contribution in [2.24, 2.45) is 0 Å². The Balaban J connectivity index is 1.76. The van der Waals surface area contributed by atoms with Gasteiger partial charge in [-0.1, -0.05) is 19.1 Å². The fourth-order valence-corrected chi connectivity index (χ4v) is 3.49. The minimum atomic E-state index is 0.751. The maximum absolute atomic E-state index is 5.01. The zero-order chi connectivity index (χ0) is 14.9. The third kappa shape index (κ3) is 5.79. The Morgan fingerprint density at radius 1 is 1.29 bits per heavy atom. The molecule has 1 aromatic heterocycles. The van der Waals surface area contributed by atoms with Gasteiger partial charge in [0.1, 0.15) is 0 Å². The predicted molar refractivity (Wildman–Crippen MR) is 91.1 cm³/mol. The van der Waals surface area contributed by atoms with Crippen LogP contribution in [0.2, 0.25) is 0 Å². The Labute approximate surface area is 135 Å². The number of benzene rings is 1. The first-order chi connectivity index (χ1) is 10.3. The number of methoxy groups -OCH3 is 1. The van der Waals surface area contributed by atoms with Crippen LogP contribution >= 0.6 is 23.1 Å². The van der Waals surface area contributed by atoms with Crippen LogP contribution in [-0.2, 0) is 23.5 Å². The summed E-state index contributed by atoms with van der Waals surface area (Å²) in [5.41, 5.74) is 2.49. The van der Waals surface area contributed by atoms with Gasteiger partial charge in [0.05, 0.1) is 17.3 Å². The van der Waals surface area contributed by atoms with E-state index in [-0.39, 0.29) is 0 Å². The molecule has 3 nitrogen and oxygen atoms in total. The van der Waals surface area contributed by atoms with E-state index in [0.717, 1.165) is 31.9 Å². The molecule has 0 aliphatic heterocycles. The number of thiazole rings is 1. The molecule has 114 valence electrons. The number of thioether (sulfide) groups is 1. The molecule has 21 heavy (non-hydrogen) atoms. The highest BCUT2D eigenvalue weighted by Gasteiger charge is 2.02. The van der Waals surface area contributed by atoms with E-state index in [1.165, 1.54) is 21.2 Å². The first-order valence-corrected chi connectivity index (χ1v) is 9.03. The van der Waals surface area contributed by atoms with E-state index >= 15 is 0 Å². The van der Waals surface area contributed by atoms with Gasteiger partial charge >= 0.3 is 0 Å². The predicted octanol–water partition coefficient (Wildman–Crippen LogP) is 3.73. The van der Waals surface area contributed by atoms with Gasteiger partial charge in [0.25, 0.3) is 0 Å². The number of aromatic nitrogens is 1. The van der Waals surface area contributed by atoms with E-state index in [1.807, 2.05) is 11.8 Å². The number of nitrogens with one attached hydrogen (secondary N) is 1. The number of hydrogen-bond acceptors (Lipinski definition) is 5. The second-order valence-electron chi connectivity index (χ2n) is 4.69. The summed E-state index contributed by atoms with van der Waals surface area (Å²) in [6.07, 6.45) is 1.03. The highest BCUT2D eigenvalue weighted by molar-refractivity contribution is 7.98. The van der Waals surface area contributed by atoms with E-state index in [1.54, 1.807) is 18.4 Å². The summed E-state index contributed by atoms with van der Waals surface area (Å²) >= 11 is 3.60. The minimum absolute atomic E-state index is 0.751. The summed E-state index contributed by atoms with van der Waals surface area (Å²) in [4.78, 5) is 5.89. The van der Waals surface area contributed by atoms with Gasteiger partial charge in [0, 0.05) is 36.2 Å². The Kier molecular flexibility index (Phi) is 7.23. The van der Waals surface area contributed by atoms with E-state index in [0.29, 0.717) is 0 Å². The molecular weight excluding hydrogens is 300 g/mol. The van der Waals surface area contributed by atoms with Gasteiger partial charge < -0.3 is 10.1 Å². The van der Waals surface area contributed by atoms with Gasteiger partial charge in [-0.05, 0) is 24.1 Å². The van der Waals surface area contributed by atoms with Crippen LogP contribution in [0.3, 0.4) is 0 Å². The summed E-state index contributed by atoms with van der Waals surface area (Å²) in [7, 11) is 1.72. The molecular formula is C16H22N2OS2. The molecule has 0 amide bonds. The summed E-state index contributed by atoms with van der Waals surface area (Å²) < 4.78 is 5.01. The average molecular weight is 322 g/mol. The van der Waals surface area contributed by atoms with Crippen molar-refractivity contribution < 1.29 is 4.74 Å². The summed E-state index contributed by atoms with van der Waals surface area (Å²) in [6.45, 7) is 4.67. The quantitative estimate of drug-likeness (QED) is 0.563. The first-order valence-electron chi connectivity index (χ1n) is 7.16. The molecule has 0 unspecified atom stereocenters. The molecule has 2 rings (SSSR count). The molecule has 0 bridgehead atoms. The normalized spacial score (nSPS) is 11.0. The molecule has 1 aromatic carbocycles. The molecule has 0 saturated heterocycles. The van der Waals surface area contributed by atoms with Gasteiger partial charge in [0.15, 0.2) is 0 Å². The van der Waals surface area contributed by atoms with Crippen LogP contribution in [-0.4, -0.2) is 25.2 Å². The highest BCUT2D eigenvalue weighted by atomic mass is 32.2. The number of rotatable bonds is 9. The van der Waals surface area contributed by atoms with Crippen molar-refractivity contribution in [2.45, 2.75) is 30.5 Å². The molecule has 0 spiro atoms. The monoisotopic (exact) mass is 322 g/mol. The highest BCUT2D eigenvalue weighted by Crippen LogP contribution is 2.24. The van der Waals surface area contributed by atoms with E-state index in [4.69, 9.17) is 4.74 Å². The number of ether oxygens (including phenoxy) is 1. The fourth-order valence-electron chi connectivity index (χ4n) is 1.85. The number of hydrogen-bond donors (Lipinski definition) is 1. The van der Waals surface area contributed by atoms with E-state index in [2.05, 4.69) is 46.9 Å². The van der Waals surface area contributed by atoms with Crippen molar-refractivity contribution in [3.8, 4) is 0 Å². The lowest BCUT2D eigenvalue weighted by Gasteiger charge is -2.05. The van der Waals surface area contributed by atoms with E-state index in [9.17, 15) is 0 Å². The largest absolute Gasteiger partial charge is 0.383 e. The summed E-state index contributed by atoms with van der Waals surface area (Å²) in [6, 6.07) is 8.73. The van der Waals surface area contributed by atoms with Crippen LogP contribution in [0.15, 0.2) is 34.5 Å². The van der Waals surface area contributed by atoms with Gasteiger partial charge in [-0.15, -0.1) is 23.1 Å². The zero-order valence-corrected chi connectivity index (χ0v) is 14.2. The molecule has 0 aliphatic rings. The SMILES string of the molecule is CCc1nc(CSc2ccc(CNCCOC)cc2)cs1. The Morgan fingerprint density at radius 3 is 2.76 bits per heavy atom. The van der Waals surface area contributed by atoms with Crippen molar-refractivity contribution in [2.75, 3.05) is 20.3 Å². The third-order valence-electron chi connectivity index (χ3n) is 3.02. The molecule has 0 saturated carbocycles. The van der Waals surface area contributed by atoms with Crippen LogP contribution in [0.25, 0.3) is 0 Å². The molecule has 0 radical (unpaired) electrons. The van der Waals surface area contributed by atoms with Crippen molar-refractivity contribution in [1.29, 1.82) is 0 Å². The maximum atomic E-state index is 5.01. The Hall–Kier alpha value is -0.880. The summed E-state index contributed by atoms with van der Waals surface area (Å²) in [5, 5.41) is 6.74. The van der Waals surface area contributed by atoms with E-state index < -0.39 is 0 Å². The lowest BCUT2D eigenvalue weighted by Crippen LogP contribution is -2.18. The zero-order valence-electron chi connectivity index (χ0n) is 12.6. The van der Waals surface area contributed by atoms with Gasteiger partial charge in [-0.25, -0.2) is 4.98 Å². The maximum Gasteiger partial charge on any atom is 0.0925 e. The average Bonchev–Trinajstić information content (AvgIpc) is 2.99.